The molecule has 1 saturated heterocycles. The highest BCUT2D eigenvalue weighted by Gasteiger charge is 2.25. The third-order valence-corrected chi connectivity index (χ3v) is 5.69. The number of amides is 1. The number of nitrogens with zero attached hydrogens (tertiary/aromatic N) is 3. The monoisotopic (exact) mass is 404 g/mol. The van der Waals surface area contributed by atoms with E-state index in [1.54, 1.807) is 6.92 Å². The normalized spacial score (nSPS) is 15.9. The molecule has 1 aromatic heterocycles. The molecule has 0 bridgehead atoms. The number of carbonyl (C=O) groups is 1. The van der Waals surface area contributed by atoms with Crippen molar-refractivity contribution in [2.75, 3.05) is 18.0 Å². The van der Waals surface area contributed by atoms with Crippen molar-refractivity contribution in [3.05, 3.63) is 54.1 Å². The van der Waals surface area contributed by atoms with Gasteiger partial charge < -0.3 is 15.3 Å². The molecule has 6 nitrogen and oxygen atoms in total. The summed E-state index contributed by atoms with van der Waals surface area (Å²) in [7, 11) is 0. The highest BCUT2D eigenvalue weighted by Crippen LogP contribution is 2.30. The molecule has 1 atom stereocenters. The molecule has 2 aromatic carbocycles. The number of aromatic nitrogens is 2. The van der Waals surface area contributed by atoms with E-state index >= 15 is 0 Å². The first-order valence-electron chi connectivity index (χ1n) is 10.6. The zero-order valence-electron chi connectivity index (χ0n) is 17.5. The second kappa shape index (κ2) is 8.79. The van der Waals surface area contributed by atoms with Crippen LogP contribution in [0.25, 0.3) is 22.3 Å². The SMILES string of the molecule is CC[C@H](O)C(=O)NC1CCN(c2nc(-c3ccccc3)nc3cc(C)ccc23)CC1. The molecule has 156 valence electrons. The molecule has 2 N–H and O–H groups in total. The maximum absolute atomic E-state index is 12.0. The highest BCUT2D eigenvalue weighted by molar-refractivity contribution is 5.91. The van der Waals surface area contributed by atoms with Gasteiger partial charge in [-0.3, -0.25) is 4.79 Å². The van der Waals surface area contributed by atoms with E-state index in [1.807, 2.05) is 30.3 Å². The van der Waals surface area contributed by atoms with Gasteiger partial charge >= 0.3 is 0 Å². The largest absolute Gasteiger partial charge is 0.383 e. The molecular weight excluding hydrogens is 376 g/mol. The molecule has 3 aromatic rings. The Labute approximate surface area is 177 Å². The fraction of sp³-hybridized carbons (Fsp3) is 0.375. The summed E-state index contributed by atoms with van der Waals surface area (Å²) >= 11 is 0. The zero-order valence-corrected chi connectivity index (χ0v) is 17.5. The number of anilines is 1. The molecule has 6 heteroatoms. The number of piperidine rings is 1. The van der Waals surface area contributed by atoms with E-state index < -0.39 is 6.10 Å². The number of benzene rings is 2. The molecule has 4 rings (SSSR count). The van der Waals surface area contributed by atoms with Gasteiger partial charge in [0.2, 0.25) is 5.91 Å². The van der Waals surface area contributed by atoms with Crippen molar-refractivity contribution in [2.24, 2.45) is 0 Å². The number of aryl methyl sites for hydroxylation is 1. The minimum absolute atomic E-state index is 0.0823. The van der Waals surface area contributed by atoms with E-state index in [0.29, 0.717) is 6.42 Å². The van der Waals surface area contributed by atoms with Crippen molar-refractivity contribution in [3.63, 3.8) is 0 Å². The fourth-order valence-corrected chi connectivity index (χ4v) is 3.90. The number of aliphatic hydroxyl groups is 1. The van der Waals surface area contributed by atoms with Crippen LogP contribution < -0.4 is 10.2 Å². The summed E-state index contributed by atoms with van der Waals surface area (Å²) in [4.78, 5) is 24.1. The maximum Gasteiger partial charge on any atom is 0.249 e. The minimum Gasteiger partial charge on any atom is -0.383 e. The van der Waals surface area contributed by atoms with Crippen LogP contribution in [0.4, 0.5) is 5.82 Å². The van der Waals surface area contributed by atoms with Gasteiger partial charge in [-0.05, 0) is 43.9 Å². The minimum atomic E-state index is -0.925. The number of rotatable bonds is 5. The summed E-state index contributed by atoms with van der Waals surface area (Å²) in [5.41, 5.74) is 3.11. The number of carbonyl (C=O) groups excluding carboxylic acids is 1. The Morgan fingerprint density at radius 2 is 1.90 bits per heavy atom. The van der Waals surface area contributed by atoms with Crippen LogP contribution in [0.2, 0.25) is 0 Å². The highest BCUT2D eigenvalue weighted by atomic mass is 16.3. The summed E-state index contributed by atoms with van der Waals surface area (Å²) in [6, 6.07) is 16.4. The Bertz CT molecular complexity index is 1030. The summed E-state index contributed by atoms with van der Waals surface area (Å²) in [6.45, 7) is 5.46. The number of hydrogen-bond donors (Lipinski definition) is 2. The van der Waals surface area contributed by atoms with Gasteiger partial charge in [0.15, 0.2) is 5.82 Å². The molecule has 1 aliphatic heterocycles. The lowest BCUT2D eigenvalue weighted by molar-refractivity contribution is -0.130. The molecule has 0 unspecified atom stereocenters. The van der Waals surface area contributed by atoms with Gasteiger partial charge in [0.25, 0.3) is 0 Å². The lowest BCUT2D eigenvalue weighted by Crippen LogP contribution is -2.47. The number of hydrogen-bond acceptors (Lipinski definition) is 5. The maximum atomic E-state index is 12.0. The van der Waals surface area contributed by atoms with Crippen LogP contribution in [0.5, 0.6) is 0 Å². The van der Waals surface area contributed by atoms with E-state index in [9.17, 15) is 9.90 Å². The van der Waals surface area contributed by atoms with Gasteiger partial charge in [-0.2, -0.15) is 0 Å². The average Bonchev–Trinajstić information content (AvgIpc) is 2.78. The first-order chi connectivity index (χ1) is 14.5. The van der Waals surface area contributed by atoms with Crippen LogP contribution in [0.15, 0.2) is 48.5 Å². The second-order valence-electron chi connectivity index (χ2n) is 7.95. The van der Waals surface area contributed by atoms with E-state index in [2.05, 4.69) is 35.3 Å². The Morgan fingerprint density at radius 1 is 1.17 bits per heavy atom. The quantitative estimate of drug-likeness (QED) is 0.681. The second-order valence-corrected chi connectivity index (χ2v) is 7.95. The molecular formula is C24H28N4O2. The van der Waals surface area contributed by atoms with E-state index in [1.165, 1.54) is 5.56 Å². The first-order valence-corrected chi connectivity index (χ1v) is 10.6. The van der Waals surface area contributed by atoms with Crippen molar-refractivity contribution >= 4 is 22.6 Å². The van der Waals surface area contributed by atoms with E-state index in [4.69, 9.17) is 9.97 Å². The molecule has 0 spiro atoms. The van der Waals surface area contributed by atoms with Crippen LogP contribution in [-0.2, 0) is 4.79 Å². The third kappa shape index (κ3) is 4.28. The lowest BCUT2D eigenvalue weighted by atomic mass is 10.0. The van der Waals surface area contributed by atoms with E-state index in [-0.39, 0.29) is 11.9 Å². The molecule has 2 heterocycles. The first kappa shape index (κ1) is 20.3. The molecule has 30 heavy (non-hydrogen) atoms. The predicted molar refractivity (Wildman–Crippen MR) is 119 cm³/mol. The molecule has 1 aliphatic rings. The standard InChI is InChI=1S/C24H28N4O2/c1-3-21(29)24(30)25-18-11-13-28(14-12-18)23-19-10-9-16(2)15-20(19)26-22(27-23)17-7-5-4-6-8-17/h4-10,15,18,21,29H,3,11-14H2,1-2H3,(H,25,30)/t21-/m0/s1. The van der Waals surface area contributed by atoms with Crippen LogP contribution in [-0.4, -0.2) is 46.2 Å². The van der Waals surface area contributed by atoms with Crippen molar-refractivity contribution in [3.8, 4) is 11.4 Å². The Morgan fingerprint density at radius 3 is 2.60 bits per heavy atom. The van der Waals surface area contributed by atoms with Crippen molar-refractivity contribution < 1.29 is 9.90 Å². The van der Waals surface area contributed by atoms with Crippen LogP contribution >= 0.6 is 0 Å². The molecule has 0 saturated carbocycles. The Hall–Kier alpha value is -2.99. The van der Waals surface area contributed by atoms with Crippen LogP contribution in [0.3, 0.4) is 0 Å². The average molecular weight is 405 g/mol. The Kier molecular flexibility index (Phi) is 5.95. The molecule has 0 aliphatic carbocycles. The van der Waals surface area contributed by atoms with Gasteiger partial charge in [0.1, 0.15) is 11.9 Å². The topological polar surface area (TPSA) is 78.4 Å². The number of fused-ring (bicyclic) bond motifs is 1. The summed E-state index contributed by atoms with van der Waals surface area (Å²) in [6.07, 6.45) is 1.14. The zero-order chi connectivity index (χ0) is 21.1. The summed E-state index contributed by atoms with van der Waals surface area (Å²) in [5.74, 6) is 1.40. The molecule has 1 fully saturated rings. The van der Waals surface area contributed by atoms with Crippen molar-refractivity contribution in [1.29, 1.82) is 0 Å². The van der Waals surface area contributed by atoms with E-state index in [0.717, 1.165) is 54.0 Å². The van der Waals surface area contributed by atoms with Crippen molar-refractivity contribution in [2.45, 2.75) is 45.3 Å². The fourth-order valence-electron chi connectivity index (χ4n) is 3.90. The lowest BCUT2D eigenvalue weighted by Gasteiger charge is -2.34. The van der Waals surface area contributed by atoms with Gasteiger partial charge in [-0.1, -0.05) is 43.3 Å². The molecule has 1 amide bonds. The van der Waals surface area contributed by atoms with Crippen LogP contribution in [0, 0.1) is 6.92 Å². The van der Waals surface area contributed by atoms with Gasteiger partial charge in [0, 0.05) is 30.1 Å². The van der Waals surface area contributed by atoms with Gasteiger partial charge in [0.05, 0.1) is 5.52 Å². The van der Waals surface area contributed by atoms with Crippen LogP contribution in [0.1, 0.15) is 31.7 Å². The number of aliphatic hydroxyl groups excluding tert-OH is 1. The summed E-state index contributed by atoms with van der Waals surface area (Å²) in [5, 5.41) is 13.7. The number of nitrogens with one attached hydrogen (secondary N) is 1. The van der Waals surface area contributed by atoms with Gasteiger partial charge in [-0.25, -0.2) is 9.97 Å². The Balaban J connectivity index is 1.60. The summed E-state index contributed by atoms with van der Waals surface area (Å²) < 4.78 is 0. The third-order valence-electron chi connectivity index (χ3n) is 5.69. The molecule has 0 radical (unpaired) electrons. The predicted octanol–water partition coefficient (Wildman–Crippen LogP) is 3.46. The van der Waals surface area contributed by atoms with Gasteiger partial charge in [-0.15, -0.1) is 0 Å². The van der Waals surface area contributed by atoms with Crippen molar-refractivity contribution in [1.82, 2.24) is 15.3 Å². The smallest absolute Gasteiger partial charge is 0.249 e.